The molecule has 0 radical (unpaired) electrons. The number of methoxy groups -OCH3 is 11. The number of carbonyl (C=O) groups is 2. The fourth-order valence-electron chi connectivity index (χ4n) is 10.5. The van der Waals surface area contributed by atoms with Crippen molar-refractivity contribution < 1.29 is 80.1 Å². The van der Waals surface area contributed by atoms with Crippen molar-refractivity contribution in [3.05, 3.63) is 75.8 Å². The molecule has 72 heavy (non-hydrogen) atoms. The van der Waals surface area contributed by atoms with E-state index in [1.165, 1.54) is 5.56 Å². The Hall–Kier alpha value is -6.90. The summed E-state index contributed by atoms with van der Waals surface area (Å²) in [4.78, 5) is 25.7. The molecule has 0 amide bonds. The lowest BCUT2D eigenvalue weighted by molar-refractivity contribution is -0.941. The summed E-state index contributed by atoms with van der Waals surface area (Å²) < 4.78 is 75.4. The number of likely N-dealkylation sites (N-methyl/N-ethyl adjacent to an activating group) is 2. The minimum Gasteiger partial charge on any atom is -0.493 e. The maximum atomic E-state index is 12.9. The van der Waals surface area contributed by atoms with Gasteiger partial charge in [-0.05, 0) is 64.7 Å². The highest BCUT2D eigenvalue weighted by Crippen LogP contribution is 2.51. The van der Waals surface area contributed by atoms with Crippen LogP contribution >= 0.6 is 0 Å². The van der Waals surface area contributed by atoms with Crippen LogP contribution in [0.4, 0.5) is 0 Å². The SMILES string of the molecule is COc1cc2c(cc1OC)C(Cc1cc(OC)c(OC)c(OC)c1)[N+](C)(CCCOC(=O)C#CC(=O)OCCC[N+]1(C)CCc3cc(OC)c(OC)c(OC)c3C1Cc1cc(OC)c(OC)c(OC)c1)CC2. The molecule has 17 heteroatoms. The van der Waals surface area contributed by atoms with Crippen LogP contribution in [0.15, 0.2) is 42.5 Å². The van der Waals surface area contributed by atoms with E-state index in [4.69, 9.17) is 61.6 Å². The Morgan fingerprint density at radius 1 is 0.458 bits per heavy atom. The largest absolute Gasteiger partial charge is 0.493 e. The highest BCUT2D eigenvalue weighted by Gasteiger charge is 2.44. The Bertz CT molecular complexity index is 2570. The smallest absolute Gasteiger partial charge is 0.384 e. The zero-order chi connectivity index (χ0) is 52.2. The fraction of sp³-hybridized carbons (Fsp3) is 0.491. The maximum absolute atomic E-state index is 12.9. The molecule has 4 atom stereocenters. The predicted octanol–water partition coefficient (Wildman–Crippen LogP) is 6.92. The van der Waals surface area contributed by atoms with E-state index < -0.39 is 11.9 Å². The number of benzene rings is 4. The van der Waals surface area contributed by atoms with E-state index in [-0.39, 0.29) is 25.3 Å². The summed E-state index contributed by atoms with van der Waals surface area (Å²) in [5.41, 5.74) is 6.40. The summed E-state index contributed by atoms with van der Waals surface area (Å²) in [7, 11) is 22.1. The van der Waals surface area contributed by atoms with Gasteiger partial charge in [-0.1, -0.05) is 0 Å². The molecular weight excluding hydrogens is 929 g/mol. The number of fused-ring (bicyclic) bond motifs is 2. The second-order valence-corrected chi connectivity index (χ2v) is 18.2. The van der Waals surface area contributed by atoms with E-state index in [2.05, 4.69) is 38.1 Å². The van der Waals surface area contributed by atoms with E-state index in [9.17, 15) is 9.59 Å². The third kappa shape index (κ3) is 11.7. The van der Waals surface area contributed by atoms with Gasteiger partial charge in [0.25, 0.3) is 0 Å². The molecule has 0 bridgehead atoms. The molecule has 0 N–H and O–H groups in total. The lowest BCUT2D eigenvalue weighted by atomic mass is 9.85. The van der Waals surface area contributed by atoms with Crippen molar-refractivity contribution in [3.8, 4) is 75.1 Å². The van der Waals surface area contributed by atoms with Gasteiger partial charge in [-0.25, -0.2) is 9.59 Å². The Balaban J connectivity index is 1.10. The average Bonchev–Trinajstić information content (AvgIpc) is 3.40. The molecule has 2 aliphatic heterocycles. The highest BCUT2D eigenvalue weighted by atomic mass is 16.6. The van der Waals surface area contributed by atoms with E-state index in [0.717, 1.165) is 53.7 Å². The van der Waals surface area contributed by atoms with Gasteiger partial charge in [-0.2, -0.15) is 0 Å². The van der Waals surface area contributed by atoms with Gasteiger partial charge in [0.1, 0.15) is 12.1 Å². The zero-order valence-electron chi connectivity index (χ0n) is 44.2. The van der Waals surface area contributed by atoms with Gasteiger partial charge in [0.05, 0.1) is 137 Å². The average molecular weight is 1000 g/mol. The van der Waals surface area contributed by atoms with E-state index in [1.807, 2.05) is 30.3 Å². The van der Waals surface area contributed by atoms with Crippen molar-refractivity contribution in [1.29, 1.82) is 0 Å². The minimum absolute atomic E-state index is 0.0139. The number of rotatable bonds is 23. The van der Waals surface area contributed by atoms with Gasteiger partial charge in [0.2, 0.25) is 17.2 Å². The molecule has 2 heterocycles. The third-order valence-electron chi connectivity index (χ3n) is 14.2. The maximum Gasteiger partial charge on any atom is 0.384 e. The Labute approximate surface area is 424 Å². The molecule has 4 unspecified atom stereocenters. The molecule has 0 aromatic heterocycles. The van der Waals surface area contributed by atoms with Crippen LogP contribution in [0.2, 0.25) is 0 Å². The quantitative estimate of drug-likeness (QED) is 0.0248. The second-order valence-electron chi connectivity index (χ2n) is 18.2. The van der Waals surface area contributed by atoms with Crippen LogP contribution in [0, 0.1) is 11.8 Å². The first-order valence-electron chi connectivity index (χ1n) is 23.9. The Morgan fingerprint density at radius 3 is 1.26 bits per heavy atom. The standard InChI is InChI=1S/C55H72N2O15/c1-56(22-18-37-32-42(60-3)43(61-4)34-39(37)40(56)26-35-28-44(62-5)52(67-10)45(29-35)63-6)20-14-24-71-49(58)16-17-50(59)72-25-15-21-57(2)23-19-38-33-48(66-9)54(69-12)55(70-13)51(38)41(57)27-36-30-46(64-7)53(68-11)47(31-36)65-8/h28-34,40-41H,14-15,18-27H2,1-13H3/q+2. The number of esters is 2. The molecule has 17 nitrogen and oxygen atoms in total. The molecule has 390 valence electrons. The topological polar surface area (TPSA) is 154 Å². The van der Waals surface area contributed by atoms with Gasteiger partial charge in [-0.3, -0.25) is 0 Å². The Kier molecular flexibility index (Phi) is 18.5. The number of carbonyl (C=O) groups excluding carboxylic acids is 2. The summed E-state index contributed by atoms with van der Waals surface area (Å²) in [6.07, 6.45) is 3.85. The van der Waals surface area contributed by atoms with Crippen molar-refractivity contribution in [1.82, 2.24) is 0 Å². The van der Waals surface area contributed by atoms with E-state index >= 15 is 0 Å². The van der Waals surface area contributed by atoms with Crippen LogP contribution in [0.1, 0.15) is 58.3 Å². The van der Waals surface area contributed by atoms with Crippen LogP contribution < -0.4 is 52.1 Å². The summed E-state index contributed by atoms with van der Waals surface area (Å²) in [5, 5.41) is 0. The molecule has 4 aromatic rings. The summed E-state index contributed by atoms with van der Waals surface area (Å²) in [5.74, 6) is 9.35. The lowest BCUT2D eigenvalue weighted by Crippen LogP contribution is -2.52. The first-order chi connectivity index (χ1) is 34.7. The van der Waals surface area contributed by atoms with Gasteiger partial charge < -0.3 is 70.5 Å². The molecule has 4 aromatic carbocycles. The highest BCUT2D eigenvalue weighted by molar-refractivity contribution is 5.98. The summed E-state index contributed by atoms with van der Waals surface area (Å²) in [6, 6.07) is 13.9. The number of nitrogens with zero attached hydrogens (tertiary/aromatic N) is 2. The normalized spacial score (nSPS) is 18.7. The van der Waals surface area contributed by atoms with Crippen molar-refractivity contribution in [2.45, 2.75) is 50.6 Å². The van der Waals surface area contributed by atoms with Gasteiger partial charge in [0.15, 0.2) is 46.0 Å². The van der Waals surface area contributed by atoms with Crippen molar-refractivity contribution in [2.75, 3.05) is 132 Å². The van der Waals surface area contributed by atoms with Crippen LogP contribution in [0.3, 0.4) is 0 Å². The second kappa shape index (κ2) is 24.5. The number of quaternary nitrogens is 2. The lowest BCUT2D eigenvalue weighted by Gasteiger charge is -2.46. The molecule has 6 rings (SSSR count). The van der Waals surface area contributed by atoms with Crippen LogP contribution in [-0.2, 0) is 44.7 Å². The Morgan fingerprint density at radius 2 is 0.833 bits per heavy atom. The van der Waals surface area contributed by atoms with E-state index in [1.54, 1.807) is 78.2 Å². The molecule has 0 fully saturated rings. The van der Waals surface area contributed by atoms with Crippen LogP contribution in [0.25, 0.3) is 0 Å². The number of ether oxygens (including phenoxy) is 13. The molecule has 0 spiro atoms. The van der Waals surface area contributed by atoms with Gasteiger partial charge >= 0.3 is 11.9 Å². The van der Waals surface area contributed by atoms with Crippen LogP contribution in [-0.4, -0.2) is 153 Å². The summed E-state index contributed by atoms with van der Waals surface area (Å²) in [6.45, 7) is 3.15. The van der Waals surface area contributed by atoms with Crippen molar-refractivity contribution in [2.24, 2.45) is 0 Å². The molecule has 0 saturated heterocycles. The van der Waals surface area contributed by atoms with Gasteiger partial charge in [0, 0.05) is 55.9 Å². The first kappa shape index (κ1) is 54.4. The van der Waals surface area contributed by atoms with Crippen LogP contribution in [0.5, 0.6) is 63.2 Å². The third-order valence-corrected chi connectivity index (χ3v) is 14.2. The molecule has 0 aliphatic carbocycles. The molecular formula is C55H72N2O15+2. The predicted molar refractivity (Wildman–Crippen MR) is 269 cm³/mol. The van der Waals surface area contributed by atoms with Crippen molar-refractivity contribution >= 4 is 11.9 Å². The monoisotopic (exact) mass is 1000 g/mol. The van der Waals surface area contributed by atoms with Gasteiger partial charge in [-0.15, -0.1) is 0 Å². The molecule has 2 aliphatic rings. The van der Waals surface area contributed by atoms with Crippen molar-refractivity contribution in [3.63, 3.8) is 0 Å². The fourth-order valence-corrected chi connectivity index (χ4v) is 10.5. The van der Waals surface area contributed by atoms with E-state index in [0.29, 0.717) is 111 Å². The zero-order valence-corrected chi connectivity index (χ0v) is 44.2. The first-order valence-corrected chi connectivity index (χ1v) is 23.9. The number of hydrogen-bond donors (Lipinski definition) is 0. The molecule has 0 saturated carbocycles. The summed E-state index contributed by atoms with van der Waals surface area (Å²) >= 11 is 0. The minimum atomic E-state index is -0.808. The number of hydrogen-bond acceptors (Lipinski definition) is 15.